The van der Waals surface area contributed by atoms with E-state index in [-0.39, 0.29) is 11.8 Å². The van der Waals surface area contributed by atoms with Gasteiger partial charge < -0.3 is 15.4 Å². The number of para-hydroxylation sites is 1. The third kappa shape index (κ3) is 4.59. The lowest BCUT2D eigenvalue weighted by molar-refractivity contribution is 0.0954. The summed E-state index contributed by atoms with van der Waals surface area (Å²) in [6.07, 6.45) is 1.93. The number of ether oxygens (including phenoxy) is 1. The predicted octanol–water partition coefficient (Wildman–Crippen LogP) is 3.48. The van der Waals surface area contributed by atoms with E-state index in [1.165, 1.54) is 0 Å². The highest BCUT2D eigenvalue weighted by Gasteiger charge is 2.13. The van der Waals surface area contributed by atoms with Crippen LogP contribution in [0.3, 0.4) is 0 Å². The number of nitrogens with one attached hydrogen (secondary N) is 2. The minimum absolute atomic E-state index is 0.186. The van der Waals surface area contributed by atoms with Crippen LogP contribution in [0, 0.1) is 0 Å². The minimum atomic E-state index is -0.272. The quantitative estimate of drug-likeness (QED) is 0.766. The van der Waals surface area contributed by atoms with Crippen molar-refractivity contribution in [1.82, 2.24) is 5.32 Å². The Morgan fingerprint density at radius 2 is 1.71 bits per heavy atom. The summed E-state index contributed by atoms with van der Waals surface area (Å²) in [6.45, 7) is 2.69. The molecule has 0 aliphatic rings. The molecule has 0 aliphatic heterocycles. The highest BCUT2D eigenvalue weighted by molar-refractivity contribution is 6.09. The number of carbonyl (C=O) groups is 2. The van der Waals surface area contributed by atoms with Gasteiger partial charge in [-0.3, -0.25) is 9.59 Å². The third-order valence-corrected chi connectivity index (χ3v) is 3.59. The number of unbranched alkanes of at least 4 members (excludes halogenated alkanes) is 1. The lowest BCUT2D eigenvalue weighted by Crippen LogP contribution is -2.26. The maximum absolute atomic E-state index is 12.4. The van der Waals surface area contributed by atoms with Crippen molar-refractivity contribution in [2.75, 3.05) is 19.0 Å². The summed E-state index contributed by atoms with van der Waals surface area (Å²) in [5.74, 6) is 0.225. The summed E-state index contributed by atoms with van der Waals surface area (Å²) in [7, 11) is 1.57. The van der Waals surface area contributed by atoms with E-state index >= 15 is 0 Å². The fourth-order valence-corrected chi connectivity index (χ4v) is 2.20. The number of rotatable bonds is 7. The van der Waals surface area contributed by atoms with Gasteiger partial charge in [0.2, 0.25) is 0 Å². The molecule has 2 N–H and O–H groups in total. The molecule has 0 fully saturated rings. The molecule has 0 saturated heterocycles. The Morgan fingerprint density at radius 3 is 2.38 bits per heavy atom. The third-order valence-electron chi connectivity index (χ3n) is 3.59. The van der Waals surface area contributed by atoms with Gasteiger partial charge in [-0.15, -0.1) is 0 Å². The van der Waals surface area contributed by atoms with Crippen LogP contribution in [0.15, 0.2) is 48.5 Å². The Labute approximate surface area is 142 Å². The Kier molecular flexibility index (Phi) is 6.37. The summed E-state index contributed by atoms with van der Waals surface area (Å²) in [6, 6.07) is 13.8. The van der Waals surface area contributed by atoms with Gasteiger partial charge >= 0.3 is 0 Å². The second-order valence-corrected chi connectivity index (χ2v) is 5.34. The van der Waals surface area contributed by atoms with Crippen molar-refractivity contribution < 1.29 is 14.3 Å². The van der Waals surface area contributed by atoms with E-state index < -0.39 is 0 Å². The Balaban J connectivity index is 2.11. The molecule has 5 heteroatoms. The molecule has 2 rings (SSSR count). The summed E-state index contributed by atoms with van der Waals surface area (Å²) in [5.41, 5.74) is 1.44. The van der Waals surface area contributed by atoms with E-state index in [0.717, 1.165) is 12.8 Å². The summed E-state index contributed by atoms with van der Waals surface area (Å²) < 4.78 is 5.08. The molecule has 5 nitrogen and oxygen atoms in total. The normalized spacial score (nSPS) is 10.1. The average molecular weight is 326 g/mol. The second-order valence-electron chi connectivity index (χ2n) is 5.34. The average Bonchev–Trinajstić information content (AvgIpc) is 2.62. The summed E-state index contributed by atoms with van der Waals surface area (Å²) in [4.78, 5) is 24.6. The maximum atomic E-state index is 12.4. The highest BCUT2D eigenvalue weighted by atomic mass is 16.5. The lowest BCUT2D eigenvalue weighted by Gasteiger charge is -2.11. The monoisotopic (exact) mass is 326 g/mol. The molecule has 0 bridgehead atoms. The van der Waals surface area contributed by atoms with Crippen molar-refractivity contribution >= 4 is 17.5 Å². The van der Waals surface area contributed by atoms with Gasteiger partial charge in [0, 0.05) is 12.1 Å². The molecule has 0 aromatic heterocycles. The van der Waals surface area contributed by atoms with Crippen molar-refractivity contribution in [3.63, 3.8) is 0 Å². The zero-order valence-corrected chi connectivity index (χ0v) is 14.0. The largest absolute Gasteiger partial charge is 0.497 e. The first kappa shape index (κ1) is 17.5. The number of anilines is 1. The van der Waals surface area contributed by atoms with Crippen molar-refractivity contribution in [3.05, 3.63) is 59.7 Å². The molecular weight excluding hydrogens is 304 g/mol. The standard InChI is InChI=1S/C19H22N2O3/c1-3-4-13-20-19(23)16-7-5-6-8-17(16)21-18(22)14-9-11-15(24-2)12-10-14/h5-12H,3-4,13H2,1-2H3,(H,20,23)(H,21,22). The predicted molar refractivity (Wildman–Crippen MR) is 94.6 cm³/mol. The lowest BCUT2D eigenvalue weighted by atomic mass is 10.1. The van der Waals surface area contributed by atoms with Crippen LogP contribution in [0.4, 0.5) is 5.69 Å². The fraction of sp³-hybridized carbons (Fsp3) is 0.263. The first-order chi connectivity index (χ1) is 11.7. The minimum Gasteiger partial charge on any atom is -0.497 e. The fourth-order valence-electron chi connectivity index (χ4n) is 2.20. The first-order valence-corrected chi connectivity index (χ1v) is 7.98. The molecule has 2 aromatic rings. The van der Waals surface area contributed by atoms with Gasteiger partial charge in [-0.05, 0) is 42.8 Å². The zero-order valence-electron chi connectivity index (χ0n) is 14.0. The highest BCUT2D eigenvalue weighted by Crippen LogP contribution is 2.17. The number of benzene rings is 2. The Hall–Kier alpha value is -2.82. The van der Waals surface area contributed by atoms with Crippen LogP contribution in [0.5, 0.6) is 5.75 Å². The molecule has 0 spiro atoms. The van der Waals surface area contributed by atoms with Crippen LogP contribution in [-0.4, -0.2) is 25.5 Å². The molecule has 126 valence electrons. The van der Waals surface area contributed by atoms with Crippen LogP contribution in [0.25, 0.3) is 0 Å². The van der Waals surface area contributed by atoms with Gasteiger partial charge in [-0.2, -0.15) is 0 Å². The number of methoxy groups -OCH3 is 1. The van der Waals surface area contributed by atoms with E-state index in [0.29, 0.717) is 29.1 Å². The summed E-state index contributed by atoms with van der Waals surface area (Å²) >= 11 is 0. The number of hydrogen-bond donors (Lipinski definition) is 2. The van der Waals surface area contributed by atoms with E-state index in [1.807, 2.05) is 0 Å². The van der Waals surface area contributed by atoms with E-state index in [9.17, 15) is 9.59 Å². The van der Waals surface area contributed by atoms with Gasteiger partial charge in [0.05, 0.1) is 18.4 Å². The molecule has 2 amide bonds. The van der Waals surface area contributed by atoms with Gasteiger partial charge in [-0.25, -0.2) is 0 Å². The van der Waals surface area contributed by atoms with Crippen LogP contribution < -0.4 is 15.4 Å². The zero-order chi connectivity index (χ0) is 17.4. The van der Waals surface area contributed by atoms with Crippen molar-refractivity contribution in [2.24, 2.45) is 0 Å². The molecule has 0 unspecified atom stereocenters. The Morgan fingerprint density at radius 1 is 1.00 bits per heavy atom. The topological polar surface area (TPSA) is 67.4 Å². The number of hydrogen-bond acceptors (Lipinski definition) is 3. The van der Waals surface area contributed by atoms with E-state index in [4.69, 9.17) is 4.74 Å². The molecule has 2 aromatic carbocycles. The summed E-state index contributed by atoms with van der Waals surface area (Å²) in [5, 5.41) is 5.66. The second kappa shape index (κ2) is 8.72. The molecular formula is C19H22N2O3. The van der Waals surface area contributed by atoms with Crippen LogP contribution in [0.1, 0.15) is 40.5 Å². The van der Waals surface area contributed by atoms with E-state index in [1.54, 1.807) is 55.6 Å². The molecule has 0 atom stereocenters. The van der Waals surface area contributed by atoms with Crippen molar-refractivity contribution in [1.29, 1.82) is 0 Å². The number of carbonyl (C=O) groups excluding carboxylic acids is 2. The van der Waals surface area contributed by atoms with E-state index in [2.05, 4.69) is 17.6 Å². The van der Waals surface area contributed by atoms with Gasteiger partial charge in [0.1, 0.15) is 5.75 Å². The molecule has 24 heavy (non-hydrogen) atoms. The molecule has 0 radical (unpaired) electrons. The van der Waals surface area contributed by atoms with Gasteiger partial charge in [0.15, 0.2) is 0 Å². The molecule has 0 heterocycles. The van der Waals surface area contributed by atoms with Crippen LogP contribution in [0.2, 0.25) is 0 Å². The number of amides is 2. The van der Waals surface area contributed by atoms with Crippen LogP contribution in [-0.2, 0) is 0 Å². The molecule has 0 aliphatic carbocycles. The maximum Gasteiger partial charge on any atom is 0.255 e. The Bertz CT molecular complexity index is 696. The van der Waals surface area contributed by atoms with Crippen molar-refractivity contribution in [3.8, 4) is 5.75 Å². The SMILES string of the molecule is CCCCNC(=O)c1ccccc1NC(=O)c1ccc(OC)cc1. The van der Waals surface area contributed by atoms with Gasteiger partial charge in [-0.1, -0.05) is 25.5 Å². The van der Waals surface area contributed by atoms with Gasteiger partial charge in [0.25, 0.3) is 11.8 Å². The first-order valence-electron chi connectivity index (χ1n) is 7.98. The smallest absolute Gasteiger partial charge is 0.255 e. The molecule has 0 saturated carbocycles. The van der Waals surface area contributed by atoms with Crippen LogP contribution >= 0.6 is 0 Å². The van der Waals surface area contributed by atoms with Crippen molar-refractivity contribution in [2.45, 2.75) is 19.8 Å².